The molecular formula is C21H18N2O3S2. The fourth-order valence-electron chi connectivity index (χ4n) is 2.81. The SMILES string of the molecule is COc1ccc2sc(N(Cc3ccco3)C(=O)c3ccc(SC)cc3)nc2c1. The number of ether oxygens (including phenoxy) is 1. The molecule has 0 spiro atoms. The van der Waals surface area contributed by atoms with E-state index in [-0.39, 0.29) is 5.91 Å². The Balaban J connectivity index is 1.73. The summed E-state index contributed by atoms with van der Waals surface area (Å²) in [6.07, 6.45) is 3.61. The second kappa shape index (κ2) is 8.08. The standard InChI is InChI=1S/C21H18N2O3S2/c1-25-15-7-10-19-18(12-15)22-21(28-19)23(13-16-4-3-11-26-16)20(24)14-5-8-17(27-2)9-6-14/h3-12H,13H2,1-2H3. The number of furan rings is 1. The number of rotatable bonds is 6. The van der Waals surface area contributed by atoms with E-state index >= 15 is 0 Å². The normalized spacial score (nSPS) is 10.9. The summed E-state index contributed by atoms with van der Waals surface area (Å²) in [5.41, 5.74) is 1.41. The summed E-state index contributed by atoms with van der Waals surface area (Å²) in [6.45, 7) is 0.313. The molecule has 5 nitrogen and oxygen atoms in total. The monoisotopic (exact) mass is 410 g/mol. The highest BCUT2D eigenvalue weighted by molar-refractivity contribution is 7.98. The quantitative estimate of drug-likeness (QED) is 0.395. The van der Waals surface area contributed by atoms with Gasteiger partial charge in [0.2, 0.25) is 0 Å². The number of carbonyl (C=O) groups excluding carboxylic acids is 1. The van der Waals surface area contributed by atoms with Crippen molar-refractivity contribution in [2.24, 2.45) is 0 Å². The van der Waals surface area contributed by atoms with Gasteiger partial charge in [-0.2, -0.15) is 0 Å². The van der Waals surface area contributed by atoms with Gasteiger partial charge in [0, 0.05) is 16.5 Å². The average Bonchev–Trinajstić information content (AvgIpc) is 3.40. The van der Waals surface area contributed by atoms with Crippen molar-refractivity contribution in [1.82, 2.24) is 4.98 Å². The Hall–Kier alpha value is -2.77. The lowest BCUT2D eigenvalue weighted by Gasteiger charge is -2.19. The van der Waals surface area contributed by atoms with Crippen molar-refractivity contribution in [3.05, 3.63) is 72.2 Å². The van der Waals surface area contributed by atoms with Crippen LogP contribution in [0.15, 0.2) is 70.2 Å². The minimum atomic E-state index is -0.116. The van der Waals surface area contributed by atoms with Crippen LogP contribution in [0.4, 0.5) is 5.13 Å². The van der Waals surface area contributed by atoms with E-state index in [2.05, 4.69) is 4.98 Å². The number of amides is 1. The molecule has 142 valence electrons. The highest BCUT2D eigenvalue weighted by Crippen LogP contribution is 2.33. The molecule has 0 unspecified atom stereocenters. The average molecular weight is 411 g/mol. The van der Waals surface area contributed by atoms with Crippen LogP contribution in [0.5, 0.6) is 5.75 Å². The molecule has 0 saturated carbocycles. The summed E-state index contributed by atoms with van der Waals surface area (Å²) in [5.74, 6) is 1.32. The Labute approximate surface area is 170 Å². The molecule has 1 amide bonds. The lowest BCUT2D eigenvalue weighted by atomic mass is 10.2. The van der Waals surface area contributed by atoms with Crippen LogP contribution >= 0.6 is 23.1 Å². The molecule has 2 heterocycles. The lowest BCUT2D eigenvalue weighted by Crippen LogP contribution is -2.30. The van der Waals surface area contributed by atoms with Crippen molar-refractivity contribution in [2.75, 3.05) is 18.3 Å². The largest absolute Gasteiger partial charge is 0.497 e. The molecule has 2 aromatic heterocycles. The Morgan fingerprint density at radius 1 is 1.21 bits per heavy atom. The van der Waals surface area contributed by atoms with Gasteiger partial charge >= 0.3 is 0 Å². The van der Waals surface area contributed by atoms with Crippen molar-refractivity contribution < 1.29 is 13.9 Å². The zero-order valence-electron chi connectivity index (χ0n) is 15.4. The van der Waals surface area contributed by atoms with Crippen molar-refractivity contribution in [2.45, 2.75) is 11.4 Å². The minimum absolute atomic E-state index is 0.116. The van der Waals surface area contributed by atoms with E-state index in [0.29, 0.717) is 23.0 Å². The molecule has 4 rings (SSSR count). The summed E-state index contributed by atoms with van der Waals surface area (Å²) in [6, 6.07) is 17.0. The molecule has 0 bridgehead atoms. The number of hydrogen-bond donors (Lipinski definition) is 0. The maximum absolute atomic E-state index is 13.3. The Kier molecular flexibility index (Phi) is 5.36. The number of fused-ring (bicyclic) bond motifs is 1. The molecule has 0 aliphatic heterocycles. The van der Waals surface area contributed by atoms with Crippen LogP contribution < -0.4 is 9.64 Å². The predicted molar refractivity (Wildman–Crippen MR) is 114 cm³/mol. The van der Waals surface area contributed by atoms with E-state index in [1.54, 1.807) is 30.0 Å². The number of carbonyl (C=O) groups is 1. The van der Waals surface area contributed by atoms with Gasteiger partial charge in [0.1, 0.15) is 11.5 Å². The van der Waals surface area contributed by atoms with Crippen molar-refractivity contribution in [1.29, 1.82) is 0 Å². The summed E-state index contributed by atoms with van der Waals surface area (Å²) < 4.78 is 11.8. The molecular weight excluding hydrogens is 392 g/mol. The highest BCUT2D eigenvalue weighted by atomic mass is 32.2. The first-order chi connectivity index (χ1) is 13.7. The third-order valence-electron chi connectivity index (χ3n) is 4.29. The zero-order valence-corrected chi connectivity index (χ0v) is 17.0. The number of aromatic nitrogens is 1. The van der Waals surface area contributed by atoms with Gasteiger partial charge in [0.15, 0.2) is 5.13 Å². The highest BCUT2D eigenvalue weighted by Gasteiger charge is 2.23. The third kappa shape index (κ3) is 3.76. The molecule has 0 N–H and O–H groups in total. The topological polar surface area (TPSA) is 55.6 Å². The first-order valence-corrected chi connectivity index (χ1v) is 10.6. The number of methoxy groups -OCH3 is 1. The Morgan fingerprint density at radius 2 is 2.04 bits per heavy atom. The van der Waals surface area contributed by atoms with Gasteiger partial charge in [-0.3, -0.25) is 9.69 Å². The van der Waals surface area contributed by atoms with E-state index in [0.717, 1.165) is 20.9 Å². The predicted octanol–water partition coefficient (Wildman–Crippen LogP) is 5.47. The smallest absolute Gasteiger partial charge is 0.260 e. The second-order valence-electron chi connectivity index (χ2n) is 6.03. The molecule has 0 aliphatic carbocycles. The summed E-state index contributed by atoms with van der Waals surface area (Å²) in [4.78, 5) is 20.7. The van der Waals surface area contributed by atoms with Gasteiger partial charge in [0.05, 0.1) is 30.1 Å². The van der Waals surface area contributed by atoms with Crippen molar-refractivity contribution in [3.63, 3.8) is 0 Å². The second-order valence-corrected chi connectivity index (χ2v) is 7.92. The number of thiazole rings is 1. The number of anilines is 1. The van der Waals surface area contributed by atoms with Crippen LogP contribution in [0, 0.1) is 0 Å². The van der Waals surface area contributed by atoms with Gasteiger partial charge < -0.3 is 9.15 Å². The van der Waals surface area contributed by atoms with E-state index in [9.17, 15) is 4.79 Å². The molecule has 0 saturated heterocycles. The molecule has 4 aromatic rings. The van der Waals surface area contributed by atoms with Crippen molar-refractivity contribution >= 4 is 44.4 Å². The molecule has 28 heavy (non-hydrogen) atoms. The van der Waals surface area contributed by atoms with Crippen molar-refractivity contribution in [3.8, 4) is 5.75 Å². The Morgan fingerprint density at radius 3 is 2.71 bits per heavy atom. The maximum atomic E-state index is 13.3. The maximum Gasteiger partial charge on any atom is 0.260 e. The molecule has 0 aliphatic rings. The van der Waals surface area contributed by atoms with Gasteiger partial charge in [-0.25, -0.2) is 4.98 Å². The van der Waals surface area contributed by atoms with Gasteiger partial charge in [-0.15, -0.1) is 11.8 Å². The van der Waals surface area contributed by atoms with Crippen LogP contribution in [0.25, 0.3) is 10.2 Å². The Bertz CT molecular complexity index is 1090. The van der Waals surface area contributed by atoms with E-state index in [4.69, 9.17) is 9.15 Å². The molecule has 2 aromatic carbocycles. The van der Waals surface area contributed by atoms with Crippen LogP contribution in [0.3, 0.4) is 0 Å². The zero-order chi connectivity index (χ0) is 19.5. The number of thioether (sulfide) groups is 1. The number of hydrogen-bond acceptors (Lipinski definition) is 6. The van der Waals surface area contributed by atoms with Gasteiger partial charge in [-0.1, -0.05) is 11.3 Å². The van der Waals surface area contributed by atoms with Gasteiger partial charge in [0.25, 0.3) is 5.91 Å². The molecule has 7 heteroatoms. The molecule has 0 radical (unpaired) electrons. The van der Waals surface area contributed by atoms with E-state index in [1.807, 2.05) is 60.9 Å². The first-order valence-electron chi connectivity index (χ1n) is 8.61. The third-order valence-corrected chi connectivity index (χ3v) is 6.09. The number of nitrogens with zero attached hydrogens (tertiary/aromatic N) is 2. The van der Waals surface area contributed by atoms with Crippen LogP contribution in [0.2, 0.25) is 0 Å². The lowest BCUT2D eigenvalue weighted by molar-refractivity contribution is 0.0983. The first kappa shape index (κ1) is 18.6. The summed E-state index contributed by atoms with van der Waals surface area (Å²) >= 11 is 3.11. The van der Waals surface area contributed by atoms with E-state index in [1.165, 1.54) is 11.3 Å². The fourth-order valence-corrected chi connectivity index (χ4v) is 4.16. The van der Waals surface area contributed by atoms with Gasteiger partial charge in [-0.05, 0) is 54.8 Å². The summed E-state index contributed by atoms with van der Waals surface area (Å²) in [5, 5.41) is 0.624. The van der Waals surface area contributed by atoms with Crippen LogP contribution in [-0.4, -0.2) is 24.3 Å². The van der Waals surface area contributed by atoms with Crippen LogP contribution in [0.1, 0.15) is 16.1 Å². The summed E-state index contributed by atoms with van der Waals surface area (Å²) in [7, 11) is 1.62. The molecule has 0 atom stereocenters. The van der Waals surface area contributed by atoms with Crippen LogP contribution in [-0.2, 0) is 6.54 Å². The minimum Gasteiger partial charge on any atom is -0.497 e. The number of benzene rings is 2. The fraction of sp³-hybridized carbons (Fsp3) is 0.143. The van der Waals surface area contributed by atoms with E-state index < -0.39 is 0 Å². The molecule has 0 fully saturated rings.